The fourth-order valence-corrected chi connectivity index (χ4v) is 1.83. The maximum atomic E-state index is 11.6. The minimum atomic E-state index is -0.191. The van der Waals surface area contributed by atoms with Crippen molar-refractivity contribution in [2.24, 2.45) is 0 Å². The minimum absolute atomic E-state index is 0.191. The van der Waals surface area contributed by atoms with E-state index in [0.717, 1.165) is 30.2 Å². The van der Waals surface area contributed by atoms with Crippen LogP contribution in [0.15, 0.2) is 29.2 Å². The van der Waals surface area contributed by atoms with Gasteiger partial charge in [0.2, 0.25) is 0 Å². The van der Waals surface area contributed by atoms with E-state index in [1.54, 1.807) is 0 Å². The first-order valence-corrected chi connectivity index (χ1v) is 6.67. The average molecular weight is 267 g/mol. The van der Waals surface area contributed by atoms with E-state index in [1.807, 2.05) is 24.3 Å². The lowest BCUT2D eigenvalue weighted by Crippen LogP contribution is -2.36. The van der Waals surface area contributed by atoms with E-state index in [2.05, 4.69) is 42.0 Å². The first-order valence-electron chi connectivity index (χ1n) is 6.22. The Bertz CT molecular complexity index is 380. The van der Waals surface area contributed by atoms with Gasteiger partial charge in [0, 0.05) is 18.0 Å². The number of para-hydroxylation sites is 1. The number of thiol groups is 1. The molecule has 0 aromatic heterocycles. The molecule has 4 nitrogen and oxygen atoms in total. The predicted octanol–water partition coefficient (Wildman–Crippen LogP) is 2.44. The summed E-state index contributed by atoms with van der Waals surface area (Å²) >= 11 is 4.28. The van der Waals surface area contributed by atoms with Crippen LogP contribution in [-0.4, -0.2) is 37.1 Å². The van der Waals surface area contributed by atoms with Gasteiger partial charge in [0.25, 0.3) is 0 Å². The van der Waals surface area contributed by atoms with E-state index in [1.165, 1.54) is 0 Å². The van der Waals surface area contributed by atoms with Crippen LogP contribution < -0.4 is 10.6 Å². The molecule has 0 bridgehead atoms. The van der Waals surface area contributed by atoms with Gasteiger partial charge in [-0.3, -0.25) is 0 Å². The molecule has 0 aliphatic carbocycles. The normalized spacial score (nSPS) is 10.4. The highest BCUT2D eigenvalue weighted by Gasteiger charge is 2.04. The Balaban J connectivity index is 2.32. The summed E-state index contributed by atoms with van der Waals surface area (Å²) in [6.45, 7) is 7.73. The van der Waals surface area contributed by atoms with Crippen LogP contribution in [0.5, 0.6) is 0 Å². The maximum absolute atomic E-state index is 11.6. The molecule has 0 saturated heterocycles. The fraction of sp³-hybridized carbons (Fsp3) is 0.462. The Kier molecular flexibility index (Phi) is 6.60. The maximum Gasteiger partial charge on any atom is 0.319 e. The summed E-state index contributed by atoms with van der Waals surface area (Å²) in [4.78, 5) is 14.7. The molecule has 18 heavy (non-hydrogen) atoms. The number of likely N-dealkylation sites (N-methyl/N-ethyl adjacent to an activating group) is 1. The molecule has 5 heteroatoms. The average Bonchev–Trinajstić information content (AvgIpc) is 2.37. The topological polar surface area (TPSA) is 44.4 Å². The lowest BCUT2D eigenvalue weighted by Gasteiger charge is -2.18. The van der Waals surface area contributed by atoms with Crippen molar-refractivity contribution in [3.05, 3.63) is 24.3 Å². The third-order valence-corrected chi connectivity index (χ3v) is 3.15. The summed E-state index contributed by atoms with van der Waals surface area (Å²) < 4.78 is 0. The molecule has 1 aromatic rings. The molecule has 0 fully saturated rings. The van der Waals surface area contributed by atoms with Crippen LogP contribution in [0.4, 0.5) is 10.5 Å². The van der Waals surface area contributed by atoms with Gasteiger partial charge in [-0.2, -0.15) is 0 Å². The lowest BCUT2D eigenvalue weighted by atomic mass is 10.3. The van der Waals surface area contributed by atoms with Crippen molar-refractivity contribution in [2.45, 2.75) is 18.7 Å². The zero-order valence-electron chi connectivity index (χ0n) is 10.9. The first kappa shape index (κ1) is 14.9. The number of hydrogen-bond acceptors (Lipinski definition) is 3. The first-order chi connectivity index (χ1) is 8.67. The molecule has 1 rings (SSSR count). The van der Waals surface area contributed by atoms with E-state index in [0.29, 0.717) is 6.54 Å². The van der Waals surface area contributed by atoms with Crippen LogP contribution in [0, 0.1) is 0 Å². The van der Waals surface area contributed by atoms with E-state index in [9.17, 15) is 4.79 Å². The summed E-state index contributed by atoms with van der Waals surface area (Å²) in [5.41, 5.74) is 0.723. The molecule has 0 saturated carbocycles. The molecule has 0 radical (unpaired) electrons. The van der Waals surface area contributed by atoms with Crippen LogP contribution >= 0.6 is 12.6 Å². The summed E-state index contributed by atoms with van der Waals surface area (Å²) in [5, 5.41) is 5.61. The Morgan fingerprint density at radius 2 is 1.94 bits per heavy atom. The number of nitrogens with one attached hydrogen (secondary N) is 2. The highest BCUT2D eigenvalue weighted by molar-refractivity contribution is 7.80. The predicted molar refractivity (Wildman–Crippen MR) is 78.5 cm³/mol. The number of rotatable bonds is 6. The number of nitrogens with zero attached hydrogens (tertiary/aromatic N) is 1. The van der Waals surface area contributed by atoms with Crippen molar-refractivity contribution in [2.75, 3.05) is 31.5 Å². The molecular weight excluding hydrogens is 246 g/mol. The van der Waals surface area contributed by atoms with Crippen LogP contribution in [0.2, 0.25) is 0 Å². The highest BCUT2D eigenvalue weighted by atomic mass is 32.1. The van der Waals surface area contributed by atoms with Crippen molar-refractivity contribution in [1.82, 2.24) is 10.2 Å². The molecule has 0 atom stereocenters. The number of benzene rings is 1. The SMILES string of the molecule is CCN(CC)CCNC(=O)Nc1ccccc1S. The molecule has 0 heterocycles. The van der Waals surface area contributed by atoms with Gasteiger partial charge in [0.15, 0.2) is 0 Å². The summed E-state index contributed by atoms with van der Waals surface area (Å²) in [7, 11) is 0. The van der Waals surface area contributed by atoms with E-state index in [-0.39, 0.29) is 6.03 Å². The highest BCUT2D eigenvalue weighted by Crippen LogP contribution is 2.17. The second kappa shape index (κ2) is 8.00. The summed E-state index contributed by atoms with van der Waals surface area (Å²) in [5.74, 6) is 0. The molecular formula is C13H21N3OS. The van der Waals surface area contributed by atoms with E-state index >= 15 is 0 Å². The number of urea groups is 1. The standard InChI is InChI=1S/C13H21N3OS/c1-3-16(4-2)10-9-14-13(17)15-11-7-5-6-8-12(11)18/h5-8,18H,3-4,9-10H2,1-2H3,(H2,14,15,17). The Morgan fingerprint density at radius 3 is 2.56 bits per heavy atom. The Morgan fingerprint density at radius 1 is 1.28 bits per heavy atom. The molecule has 0 aliphatic heterocycles. The molecule has 0 unspecified atom stereocenters. The number of anilines is 1. The van der Waals surface area contributed by atoms with Gasteiger partial charge in [0.05, 0.1) is 5.69 Å². The van der Waals surface area contributed by atoms with Gasteiger partial charge in [-0.15, -0.1) is 12.6 Å². The van der Waals surface area contributed by atoms with Gasteiger partial charge in [0.1, 0.15) is 0 Å². The third-order valence-electron chi connectivity index (χ3n) is 2.76. The minimum Gasteiger partial charge on any atom is -0.337 e. The third kappa shape index (κ3) is 4.98. The summed E-state index contributed by atoms with van der Waals surface area (Å²) in [6, 6.07) is 7.22. The smallest absolute Gasteiger partial charge is 0.319 e. The van der Waals surface area contributed by atoms with Crippen molar-refractivity contribution in [1.29, 1.82) is 0 Å². The zero-order chi connectivity index (χ0) is 13.4. The van der Waals surface area contributed by atoms with E-state index < -0.39 is 0 Å². The number of hydrogen-bond donors (Lipinski definition) is 3. The Hall–Kier alpha value is -1.20. The molecule has 0 aliphatic rings. The lowest BCUT2D eigenvalue weighted by molar-refractivity contribution is 0.247. The van der Waals surface area contributed by atoms with Crippen LogP contribution in [0.25, 0.3) is 0 Å². The number of carbonyl (C=O) groups is 1. The molecule has 2 amide bonds. The largest absolute Gasteiger partial charge is 0.337 e. The van der Waals surface area contributed by atoms with Crippen LogP contribution in [-0.2, 0) is 0 Å². The van der Waals surface area contributed by atoms with Gasteiger partial charge < -0.3 is 15.5 Å². The quantitative estimate of drug-likeness (QED) is 0.693. The summed E-state index contributed by atoms with van der Waals surface area (Å²) in [6.07, 6.45) is 0. The van der Waals surface area contributed by atoms with E-state index in [4.69, 9.17) is 0 Å². The molecule has 0 spiro atoms. The van der Waals surface area contributed by atoms with Crippen molar-refractivity contribution in [3.8, 4) is 0 Å². The van der Waals surface area contributed by atoms with Gasteiger partial charge in [-0.05, 0) is 25.2 Å². The van der Waals surface area contributed by atoms with Crippen LogP contribution in [0.1, 0.15) is 13.8 Å². The van der Waals surface area contributed by atoms with Crippen LogP contribution in [0.3, 0.4) is 0 Å². The fourth-order valence-electron chi connectivity index (χ4n) is 1.61. The van der Waals surface area contributed by atoms with Gasteiger partial charge in [-0.1, -0.05) is 26.0 Å². The number of amides is 2. The second-order valence-electron chi connectivity index (χ2n) is 3.92. The monoisotopic (exact) mass is 267 g/mol. The zero-order valence-corrected chi connectivity index (χ0v) is 11.8. The molecule has 2 N–H and O–H groups in total. The second-order valence-corrected chi connectivity index (χ2v) is 4.41. The van der Waals surface area contributed by atoms with Gasteiger partial charge in [-0.25, -0.2) is 4.79 Å². The van der Waals surface area contributed by atoms with Crippen molar-refractivity contribution < 1.29 is 4.79 Å². The number of carbonyl (C=O) groups excluding carboxylic acids is 1. The van der Waals surface area contributed by atoms with Gasteiger partial charge >= 0.3 is 6.03 Å². The molecule has 100 valence electrons. The Labute approximate surface area is 114 Å². The molecule has 1 aromatic carbocycles. The van der Waals surface area contributed by atoms with Crippen molar-refractivity contribution in [3.63, 3.8) is 0 Å². The van der Waals surface area contributed by atoms with Crippen molar-refractivity contribution >= 4 is 24.3 Å².